The second-order valence-corrected chi connectivity index (χ2v) is 6.90. The van der Waals surface area contributed by atoms with Crippen molar-refractivity contribution >= 4 is 29.9 Å². The zero-order valence-corrected chi connectivity index (χ0v) is 18.6. The lowest BCUT2D eigenvalue weighted by Crippen LogP contribution is -2.38. The maximum atomic E-state index is 4.72. The molecular formula is C18H36IN5. The summed E-state index contributed by atoms with van der Waals surface area (Å²) in [6, 6.07) is 2.12. The molecule has 1 heterocycles. The van der Waals surface area contributed by atoms with Gasteiger partial charge in [-0.05, 0) is 51.5 Å². The smallest absolute Gasteiger partial charge is 0.191 e. The molecule has 6 heteroatoms. The molecule has 0 fully saturated rings. The molecule has 0 aliphatic carbocycles. The number of guanidine groups is 1. The molecule has 0 aromatic carbocycles. The summed E-state index contributed by atoms with van der Waals surface area (Å²) >= 11 is 0. The summed E-state index contributed by atoms with van der Waals surface area (Å²) in [5.74, 6) is 2.15. The second-order valence-electron chi connectivity index (χ2n) is 6.90. The van der Waals surface area contributed by atoms with E-state index in [1.807, 2.05) is 6.92 Å². The van der Waals surface area contributed by atoms with E-state index in [-0.39, 0.29) is 24.0 Å². The topological polar surface area (TPSA) is 54.2 Å². The maximum absolute atomic E-state index is 4.72. The van der Waals surface area contributed by atoms with Crippen LogP contribution in [0.15, 0.2) is 11.1 Å². The molecule has 1 atom stereocenters. The number of aromatic nitrogens is 2. The Balaban J connectivity index is 0.00000529. The van der Waals surface area contributed by atoms with Crippen LogP contribution in [-0.2, 0) is 6.54 Å². The summed E-state index contributed by atoms with van der Waals surface area (Å²) in [4.78, 5) is 4.72. The third-order valence-electron chi connectivity index (χ3n) is 3.74. The van der Waals surface area contributed by atoms with Crippen molar-refractivity contribution < 1.29 is 0 Å². The zero-order chi connectivity index (χ0) is 17.2. The number of nitrogens with zero attached hydrogens (tertiary/aromatic N) is 3. The molecule has 1 unspecified atom stereocenters. The highest BCUT2D eigenvalue weighted by Gasteiger charge is 2.07. The fourth-order valence-electron chi connectivity index (χ4n) is 2.52. The van der Waals surface area contributed by atoms with Crippen molar-refractivity contribution in [3.05, 3.63) is 17.5 Å². The lowest BCUT2D eigenvalue weighted by atomic mass is 10.1. The summed E-state index contributed by atoms with van der Waals surface area (Å²) < 4.78 is 2.08. The van der Waals surface area contributed by atoms with Gasteiger partial charge in [-0.25, -0.2) is 0 Å². The van der Waals surface area contributed by atoms with E-state index < -0.39 is 0 Å². The molecule has 1 aromatic heterocycles. The van der Waals surface area contributed by atoms with Gasteiger partial charge >= 0.3 is 0 Å². The first-order valence-electron chi connectivity index (χ1n) is 8.95. The third-order valence-corrected chi connectivity index (χ3v) is 3.74. The van der Waals surface area contributed by atoms with Gasteiger partial charge in [0.25, 0.3) is 0 Å². The van der Waals surface area contributed by atoms with Crippen molar-refractivity contribution in [2.75, 3.05) is 19.6 Å². The Hall–Kier alpha value is -0.790. The maximum Gasteiger partial charge on any atom is 0.191 e. The molecule has 2 N–H and O–H groups in total. The van der Waals surface area contributed by atoms with Crippen LogP contribution in [0.1, 0.15) is 51.9 Å². The van der Waals surface area contributed by atoms with Crippen molar-refractivity contribution in [2.45, 2.75) is 60.9 Å². The third kappa shape index (κ3) is 9.49. The van der Waals surface area contributed by atoms with Gasteiger partial charge in [-0.3, -0.25) is 9.67 Å². The highest BCUT2D eigenvalue weighted by Crippen LogP contribution is 2.07. The molecule has 0 bridgehead atoms. The van der Waals surface area contributed by atoms with Gasteiger partial charge in [-0.2, -0.15) is 5.10 Å². The number of aliphatic imine (C=N–C) groups is 1. The average Bonchev–Trinajstić information content (AvgIpc) is 2.78. The van der Waals surface area contributed by atoms with Crippen molar-refractivity contribution in [3.63, 3.8) is 0 Å². The fraction of sp³-hybridized carbons (Fsp3) is 0.778. The van der Waals surface area contributed by atoms with Gasteiger partial charge in [0.05, 0.1) is 5.69 Å². The van der Waals surface area contributed by atoms with Crippen LogP contribution in [0.4, 0.5) is 0 Å². The first kappa shape index (κ1) is 23.2. The molecular weight excluding hydrogens is 413 g/mol. The van der Waals surface area contributed by atoms with E-state index in [0.717, 1.165) is 43.8 Å². The van der Waals surface area contributed by atoms with E-state index in [1.54, 1.807) is 0 Å². The van der Waals surface area contributed by atoms with Crippen LogP contribution in [0.3, 0.4) is 0 Å². The highest BCUT2D eigenvalue weighted by atomic mass is 127. The summed E-state index contributed by atoms with van der Waals surface area (Å²) in [6.45, 7) is 16.6. The minimum atomic E-state index is 0. The van der Waals surface area contributed by atoms with E-state index in [4.69, 9.17) is 4.99 Å². The summed E-state index contributed by atoms with van der Waals surface area (Å²) in [7, 11) is 0. The van der Waals surface area contributed by atoms with Crippen LogP contribution in [0, 0.1) is 25.7 Å². The molecule has 0 radical (unpaired) electrons. The molecule has 24 heavy (non-hydrogen) atoms. The highest BCUT2D eigenvalue weighted by molar-refractivity contribution is 14.0. The molecule has 0 amide bonds. The molecule has 0 spiro atoms. The molecule has 0 saturated heterocycles. The van der Waals surface area contributed by atoms with E-state index in [0.29, 0.717) is 5.92 Å². The number of hydrogen-bond acceptors (Lipinski definition) is 2. The summed E-state index contributed by atoms with van der Waals surface area (Å²) in [5.41, 5.74) is 2.30. The van der Waals surface area contributed by atoms with E-state index in [9.17, 15) is 0 Å². The molecule has 0 aliphatic heterocycles. The fourth-order valence-corrected chi connectivity index (χ4v) is 2.52. The van der Waals surface area contributed by atoms with Crippen molar-refractivity contribution in [1.29, 1.82) is 0 Å². The lowest BCUT2D eigenvalue weighted by Gasteiger charge is -2.14. The molecule has 0 saturated carbocycles. The van der Waals surface area contributed by atoms with E-state index >= 15 is 0 Å². The monoisotopic (exact) mass is 449 g/mol. The molecule has 1 rings (SSSR count). The van der Waals surface area contributed by atoms with Crippen LogP contribution in [0.2, 0.25) is 0 Å². The van der Waals surface area contributed by atoms with Crippen LogP contribution < -0.4 is 10.6 Å². The Morgan fingerprint density at radius 2 is 1.96 bits per heavy atom. The van der Waals surface area contributed by atoms with Crippen LogP contribution in [0.5, 0.6) is 0 Å². The second kappa shape index (κ2) is 12.6. The number of rotatable bonds is 9. The van der Waals surface area contributed by atoms with E-state index in [2.05, 4.69) is 61.1 Å². The Kier molecular flexibility index (Phi) is 12.1. The minimum absolute atomic E-state index is 0. The van der Waals surface area contributed by atoms with Gasteiger partial charge in [-0.1, -0.05) is 20.8 Å². The van der Waals surface area contributed by atoms with Crippen molar-refractivity contribution in [2.24, 2.45) is 16.8 Å². The Bertz CT molecular complexity index is 482. The SMILES string of the molecule is CCNC(=NCC(C)Cn1nc(C)cc1C)NCCCC(C)C.I. The normalized spacial score (nSPS) is 12.9. The van der Waals surface area contributed by atoms with Crippen LogP contribution in [0.25, 0.3) is 0 Å². The van der Waals surface area contributed by atoms with Crippen LogP contribution >= 0.6 is 24.0 Å². The van der Waals surface area contributed by atoms with Gasteiger partial charge < -0.3 is 10.6 Å². The molecule has 1 aromatic rings. The predicted molar refractivity (Wildman–Crippen MR) is 114 cm³/mol. The van der Waals surface area contributed by atoms with Gasteiger partial charge in [0.15, 0.2) is 5.96 Å². The number of aryl methyl sites for hydroxylation is 2. The Morgan fingerprint density at radius 3 is 2.50 bits per heavy atom. The lowest BCUT2D eigenvalue weighted by molar-refractivity contribution is 0.449. The largest absolute Gasteiger partial charge is 0.357 e. The average molecular weight is 449 g/mol. The van der Waals surface area contributed by atoms with Crippen molar-refractivity contribution in [1.82, 2.24) is 20.4 Å². The quantitative estimate of drug-likeness (QED) is 0.261. The van der Waals surface area contributed by atoms with Gasteiger partial charge in [0, 0.05) is 31.9 Å². The van der Waals surface area contributed by atoms with Gasteiger partial charge in [0.2, 0.25) is 0 Å². The number of hydrogen-bond donors (Lipinski definition) is 2. The first-order valence-corrected chi connectivity index (χ1v) is 8.95. The van der Waals surface area contributed by atoms with E-state index in [1.165, 1.54) is 18.5 Å². The first-order chi connectivity index (χ1) is 10.9. The predicted octanol–water partition coefficient (Wildman–Crippen LogP) is 3.75. The number of nitrogens with one attached hydrogen (secondary N) is 2. The van der Waals surface area contributed by atoms with Crippen molar-refractivity contribution in [3.8, 4) is 0 Å². The Morgan fingerprint density at radius 1 is 1.25 bits per heavy atom. The molecule has 5 nitrogen and oxygen atoms in total. The standard InChI is InChI=1S/C18H35N5.HI/c1-7-19-18(20-10-8-9-14(2)3)21-12-15(4)13-23-17(6)11-16(5)22-23;/h11,14-15H,7-10,12-13H2,1-6H3,(H2,19,20,21);1H. The van der Waals surface area contributed by atoms with Gasteiger partial charge in [-0.15, -0.1) is 24.0 Å². The summed E-state index contributed by atoms with van der Waals surface area (Å²) in [5, 5.41) is 11.3. The number of halogens is 1. The van der Waals surface area contributed by atoms with Gasteiger partial charge in [0.1, 0.15) is 0 Å². The Labute approximate surface area is 165 Å². The molecule has 0 aliphatic rings. The van der Waals surface area contributed by atoms with Crippen LogP contribution in [-0.4, -0.2) is 35.4 Å². The summed E-state index contributed by atoms with van der Waals surface area (Å²) in [6.07, 6.45) is 2.43. The minimum Gasteiger partial charge on any atom is -0.357 e. The molecule has 140 valence electrons. The zero-order valence-electron chi connectivity index (χ0n) is 16.2.